The first-order valence-corrected chi connectivity index (χ1v) is 10.2. The first kappa shape index (κ1) is 19.6. The highest BCUT2D eigenvalue weighted by Gasteiger charge is 2.31. The van der Waals surface area contributed by atoms with E-state index in [1.54, 1.807) is 12.1 Å². The number of fused-ring (bicyclic) bond motifs is 1. The number of hydrogen-bond acceptors (Lipinski definition) is 3. The summed E-state index contributed by atoms with van der Waals surface area (Å²) in [5.74, 6) is -1.04. The van der Waals surface area contributed by atoms with E-state index in [9.17, 15) is 14.0 Å². The van der Waals surface area contributed by atoms with Crippen molar-refractivity contribution in [3.05, 3.63) is 65.0 Å². The van der Waals surface area contributed by atoms with Crippen LogP contribution in [0.25, 0.3) is 0 Å². The predicted molar refractivity (Wildman–Crippen MR) is 110 cm³/mol. The van der Waals surface area contributed by atoms with Crippen molar-refractivity contribution in [3.63, 3.8) is 0 Å². The number of halogens is 1. The molecule has 0 spiro atoms. The zero-order valence-corrected chi connectivity index (χ0v) is 16.3. The second-order valence-electron chi connectivity index (χ2n) is 7.96. The minimum Gasteiger partial charge on any atom is -0.352 e. The number of piperidine rings is 1. The van der Waals surface area contributed by atoms with E-state index in [0.29, 0.717) is 25.1 Å². The fraction of sp³-hybridized carbons (Fsp3) is 0.391. The number of nitrogens with one attached hydrogen (secondary N) is 3. The molecule has 152 valence electrons. The maximum absolute atomic E-state index is 13.3. The van der Waals surface area contributed by atoms with Crippen LogP contribution in [0.3, 0.4) is 0 Å². The highest BCUT2D eigenvalue weighted by Crippen LogP contribution is 2.26. The molecule has 2 atom stereocenters. The Hall–Kier alpha value is -2.73. The molecule has 2 aromatic carbocycles. The summed E-state index contributed by atoms with van der Waals surface area (Å²) in [7, 11) is 0. The topological polar surface area (TPSA) is 70.2 Å². The summed E-state index contributed by atoms with van der Waals surface area (Å²) in [4.78, 5) is 25.3. The van der Waals surface area contributed by atoms with Crippen LogP contribution in [0.5, 0.6) is 0 Å². The lowest BCUT2D eigenvalue weighted by atomic mass is 9.89. The summed E-state index contributed by atoms with van der Waals surface area (Å²) in [6.45, 7) is 1.38. The van der Waals surface area contributed by atoms with Crippen molar-refractivity contribution in [1.82, 2.24) is 10.6 Å². The van der Waals surface area contributed by atoms with E-state index in [2.05, 4.69) is 28.1 Å². The molecule has 1 heterocycles. The number of aryl methyl sites for hydroxylation is 2. The highest BCUT2D eigenvalue weighted by atomic mass is 19.1. The molecule has 0 saturated carbocycles. The van der Waals surface area contributed by atoms with E-state index in [1.807, 2.05) is 6.07 Å². The molecule has 0 bridgehead atoms. The molecule has 2 aliphatic rings. The van der Waals surface area contributed by atoms with Gasteiger partial charge in [0.1, 0.15) is 5.82 Å². The number of hydrogen-bond donors (Lipinski definition) is 3. The van der Waals surface area contributed by atoms with Crippen molar-refractivity contribution in [1.29, 1.82) is 0 Å². The Bertz CT molecular complexity index is 915. The molecular weight excluding hydrogens is 369 g/mol. The smallest absolute Gasteiger partial charge is 0.228 e. The molecule has 3 N–H and O–H groups in total. The van der Waals surface area contributed by atoms with Crippen molar-refractivity contribution in [2.45, 2.75) is 32.2 Å². The maximum Gasteiger partial charge on any atom is 0.228 e. The standard InChI is InChI=1S/C23H26FN3O2/c24-20-6-1-3-15(9-20)12-26-22(28)18-10-19(14-25-13-18)23(29)27-21-8-7-16-4-2-5-17(16)11-21/h1,3,6-9,11,18-19,25H,2,4-5,10,12-14H2,(H,26,28)(H,27,29)/t18-,19+/m0/s1. The number of amides is 2. The van der Waals surface area contributed by atoms with Crippen molar-refractivity contribution >= 4 is 17.5 Å². The molecule has 0 radical (unpaired) electrons. The zero-order valence-electron chi connectivity index (χ0n) is 16.3. The lowest BCUT2D eigenvalue weighted by Gasteiger charge is -2.28. The van der Waals surface area contributed by atoms with E-state index in [0.717, 1.165) is 18.5 Å². The number of carbonyl (C=O) groups is 2. The molecule has 1 aliphatic carbocycles. The van der Waals surface area contributed by atoms with Gasteiger partial charge in [-0.05, 0) is 66.6 Å². The van der Waals surface area contributed by atoms with Gasteiger partial charge in [0.25, 0.3) is 0 Å². The largest absolute Gasteiger partial charge is 0.352 e. The number of anilines is 1. The molecule has 29 heavy (non-hydrogen) atoms. The van der Waals surface area contributed by atoms with E-state index < -0.39 is 0 Å². The Morgan fingerprint density at radius 2 is 1.79 bits per heavy atom. The van der Waals surface area contributed by atoms with Gasteiger partial charge in [0.05, 0.1) is 11.8 Å². The van der Waals surface area contributed by atoms with Gasteiger partial charge in [-0.2, -0.15) is 0 Å². The summed E-state index contributed by atoms with van der Waals surface area (Å²) in [5.41, 5.74) is 4.23. The van der Waals surface area contributed by atoms with Crippen LogP contribution in [0.1, 0.15) is 29.5 Å². The molecule has 6 heteroatoms. The molecule has 2 amide bonds. The third kappa shape index (κ3) is 4.82. The fourth-order valence-corrected chi connectivity index (χ4v) is 4.22. The molecule has 4 rings (SSSR count). The molecule has 1 aliphatic heterocycles. The van der Waals surface area contributed by atoms with Crippen molar-refractivity contribution < 1.29 is 14.0 Å². The normalized spacial score (nSPS) is 20.7. The first-order chi connectivity index (χ1) is 14.1. The Morgan fingerprint density at radius 3 is 2.62 bits per heavy atom. The van der Waals surface area contributed by atoms with E-state index in [4.69, 9.17) is 0 Å². The third-order valence-electron chi connectivity index (χ3n) is 5.81. The van der Waals surface area contributed by atoms with Gasteiger partial charge >= 0.3 is 0 Å². The second-order valence-corrected chi connectivity index (χ2v) is 7.96. The molecule has 1 saturated heterocycles. The number of carbonyl (C=O) groups excluding carboxylic acids is 2. The summed E-state index contributed by atoms with van der Waals surface area (Å²) in [6, 6.07) is 12.3. The van der Waals surface area contributed by atoms with E-state index in [1.165, 1.54) is 29.7 Å². The predicted octanol–water partition coefficient (Wildman–Crippen LogP) is 2.80. The Morgan fingerprint density at radius 1 is 1.00 bits per heavy atom. The maximum atomic E-state index is 13.3. The molecule has 1 fully saturated rings. The average Bonchev–Trinajstić information content (AvgIpc) is 3.20. The van der Waals surface area contributed by atoms with Crippen LogP contribution in [0.15, 0.2) is 42.5 Å². The molecule has 2 aromatic rings. The zero-order chi connectivity index (χ0) is 20.2. The van der Waals surface area contributed by atoms with Crippen LogP contribution in [0, 0.1) is 17.7 Å². The van der Waals surface area contributed by atoms with Gasteiger partial charge in [0, 0.05) is 25.3 Å². The SMILES string of the molecule is O=C(NCc1cccc(F)c1)[C@@H]1CNC[C@H](C(=O)Nc2ccc3c(c2)CCC3)C1. The van der Waals surface area contributed by atoms with Crippen LogP contribution in [0.2, 0.25) is 0 Å². The van der Waals surface area contributed by atoms with Crippen LogP contribution in [-0.2, 0) is 29.0 Å². The minimum atomic E-state index is -0.320. The first-order valence-electron chi connectivity index (χ1n) is 10.2. The van der Waals surface area contributed by atoms with Crippen LogP contribution in [0.4, 0.5) is 10.1 Å². The van der Waals surface area contributed by atoms with Gasteiger partial charge in [0.15, 0.2) is 0 Å². The summed E-state index contributed by atoms with van der Waals surface area (Å²) < 4.78 is 13.3. The minimum absolute atomic E-state index is 0.0573. The Kier molecular flexibility index (Phi) is 5.90. The highest BCUT2D eigenvalue weighted by molar-refractivity contribution is 5.93. The lowest BCUT2D eigenvalue weighted by molar-refractivity contribution is -0.127. The van der Waals surface area contributed by atoms with Gasteiger partial charge in [-0.25, -0.2) is 4.39 Å². The van der Waals surface area contributed by atoms with Gasteiger partial charge in [-0.15, -0.1) is 0 Å². The van der Waals surface area contributed by atoms with Crippen LogP contribution < -0.4 is 16.0 Å². The fourth-order valence-electron chi connectivity index (χ4n) is 4.22. The van der Waals surface area contributed by atoms with E-state index >= 15 is 0 Å². The molecular formula is C23H26FN3O2. The Balaban J connectivity index is 1.31. The second kappa shape index (κ2) is 8.74. The van der Waals surface area contributed by atoms with Crippen molar-refractivity contribution in [3.8, 4) is 0 Å². The Labute approximate surface area is 170 Å². The summed E-state index contributed by atoms with van der Waals surface area (Å²) in [6.07, 6.45) is 3.85. The monoisotopic (exact) mass is 395 g/mol. The van der Waals surface area contributed by atoms with Gasteiger partial charge in [0.2, 0.25) is 11.8 Å². The van der Waals surface area contributed by atoms with Crippen molar-refractivity contribution in [2.24, 2.45) is 11.8 Å². The van der Waals surface area contributed by atoms with Gasteiger partial charge in [-0.1, -0.05) is 18.2 Å². The lowest BCUT2D eigenvalue weighted by Crippen LogP contribution is -2.47. The van der Waals surface area contributed by atoms with Gasteiger partial charge in [-0.3, -0.25) is 9.59 Å². The third-order valence-corrected chi connectivity index (χ3v) is 5.81. The average molecular weight is 395 g/mol. The molecule has 5 nitrogen and oxygen atoms in total. The molecule has 0 unspecified atom stereocenters. The quantitative estimate of drug-likeness (QED) is 0.729. The van der Waals surface area contributed by atoms with Crippen molar-refractivity contribution in [2.75, 3.05) is 18.4 Å². The number of benzene rings is 2. The summed E-state index contributed by atoms with van der Waals surface area (Å²) >= 11 is 0. The summed E-state index contributed by atoms with van der Waals surface area (Å²) in [5, 5.41) is 9.07. The van der Waals surface area contributed by atoms with E-state index in [-0.39, 0.29) is 36.0 Å². The van der Waals surface area contributed by atoms with Gasteiger partial charge < -0.3 is 16.0 Å². The molecule has 0 aromatic heterocycles. The van der Waals surface area contributed by atoms with Crippen LogP contribution in [-0.4, -0.2) is 24.9 Å². The van der Waals surface area contributed by atoms with Crippen LogP contribution >= 0.6 is 0 Å². The number of rotatable bonds is 5.